The van der Waals surface area contributed by atoms with Crippen molar-refractivity contribution in [3.05, 3.63) is 83.4 Å². The van der Waals surface area contributed by atoms with Gasteiger partial charge in [0, 0.05) is 0 Å². The Kier molecular flexibility index (Phi) is 11.0. The first kappa shape index (κ1) is 29.8. The molecule has 0 heterocycles. The molecule has 0 saturated carbocycles. The predicted octanol–water partition coefficient (Wildman–Crippen LogP) is 4.73. The number of methoxy groups -OCH3 is 5. The number of aryl methyl sites for hydroxylation is 1. The summed E-state index contributed by atoms with van der Waals surface area (Å²) in [5.41, 5.74) is 1.38. The highest BCUT2D eigenvalue weighted by Crippen LogP contribution is 2.37. The Bertz CT molecular complexity index is 1130. The quantitative estimate of drug-likeness (QED) is 0.278. The fraction of sp³-hybridized carbons (Fsp3) is 0.387. The Morgan fingerprint density at radius 3 is 1.79 bits per heavy atom. The number of rotatable bonds is 15. The summed E-state index contributed by atoms with van der Waals surface area (Å²) in [6, 6.07) is 20.7. The second-order valence-corrected chi connectivity index (χ2v) is 9.01. The van der Waals surface area contributed by atoms with Crippen molar-refractivity contribution < 1.29 is 38.3 Å². The fourth-order valence-electron chi connectivity index (χ4n) is 4.67. The Morgan fingerprint density at radius 2 is 1.28 bits per heavy atom. The van der Waals surface area contributed by atoms with E-state index in [1.165, 1.54) is 7.11 Å². The maximum atomic E-state index is 12.7. The molecule has 0 aromatic heterocycles. The van der Waals surface area contributed by atoms with Gasteiger partial charge in [0.2, 0.25) is 0 Å². The van der Waals surface area contributed by atoms with Gasteiger partial charge in [0.25, 0.3) is 0 Å². The molecule has 1 N–H and O–H groups in total. The number of aliphatic hydroxyl groups is 1. The van der Waals surface area contributed by atoms with Crippen molar-refractivity contribution in [2.45, 2.75) is 37.4 Å². The standard InChI is InChI=1S/C31H38O8/c1-34-25-15-13-22(20-27(25)36-3)10-9-18-31(29(32)30(33)38-5,24-11-7-6-8-12-24)39-19-17-23-14-16-26(35-2)28(21-23)37-4/h6-8,11-16,20-21,29,32H,9-10,17-19H2,1-5H3. The van der Waals surface area contributed by atoms with Crippen LogP contribution in [0.15, 0.2) is 66.7 Å². The molecule has 3 aromatic carbocycles. The molecule has 0 fully saturated rings. The highest BCUT2D eigenvalue weighted by atomic mass is 16.6. The van der Waals surface area contributed by atoms with Crippen LogP contribution in [0.3, 0.4) is 0 Å². The number of aliphatic hydroxyl groups excluding tert-OH is 1. The smallest absolute Gasteiger partial charge is 0.338 e. The van der Waals surface area contributed by atoms with Crippen molar-refractivity contribution in [1.82, 2.24) is 0 Å². The third-order valence-electron chi connectivity index (χ3n) is 6.79. The Hall–Kier alpha value is -3.75. The average Bonchev–Trinajstić information content (AvgIpc) is 2.99. The van der Waals surface area contributed by atoms with Crippen LogP contribution < -0.4 is 18.9 Å². The van der Waals surface area contributed by atoms with E-state index in [-0.39, 0.29) is 6.61 Å². The molecule has 0 aliphatic heterocycles. The van der Waals surface area contributed by atoms with E-state index in [9.17, 15) is 9.90 Å². The highest BCUT2D eigenvalue weighted by Gasteiger charge is 2.45. The molecule has 0 bridgehead atoms. The third-order valence-corrected chi connectivity index (χ3v) is 6.79. The molecular formula is C31H38O8. The summed E-state index contributed by atoms with van der Waals surface area (Å²) in [7, 11) is 7.63. The first-order chi connectivity index (χ1) is 18.9. The second kappa shape index (κ2) is 14.4. The van der Waals surface area contributed by atoms with Crippen molar-refractivity contribution in [3.63, 3.8) is 0 Å². The summed E-state index contributed by atoms with van der Waals surface area (Å²) in [6.45, 7) is 0.245. The second-order valence-electron chi connectivity index (χ2n) is 9.01. The molecule has 3 aromatic rings. The van der Waals surface area contributed by atoms with Crippen LogP contribution in [0.5, 0.6) is 23.0 Å². The first-order valence-electron chi connectivity index (χ1n) is 12.8. The summed E-state index contributed by atoms with van der Waals surface area (Å²) in [5, 5.41) is 11.3. The van der Waals surface area contributed by atoms with Gasteiger partial charge in [0.15, 0.2) is 29.1 Å². The van der Waals surface area contributed by atoms with E-state index < -0.39 is 17.7 Å². The van der Waals surface area contributed by atoms with Crippen LogP contribution >= 0.6 is 0 Å². The third kappa shape index (κ3) is 7.22. The average molecular weight is 539 g/mol. The molecule has 0 saturated heterocycles. The summed E-state index contributed by atoms with van der Waals surface area (Å²) in [6.07, 6.45) is 0.656. The molecule has 8 nitrogen and oxygen atoms in total. The lowest BCUT2D eigenvalue weighted by Gasteiger charge is -2.37. The molecule has 39 heavy (non-hydrogen) atoms. The van der Waals surface area contributed by atoms with Gasteiger partial charge in [-0.2, -0.15) is 0 Å². The molecule has 0 aliphatic rings. The van der Waals surface area contributed by atoms with E-state index in [1.54, 1.807) is 28.4 Å². The Balaban J connectivity index is 1.87. The summed E-state index contributed by atoms with van der Waals surface area (Å²) < 4.78 is 33.0. The van der Waals surface area contributed by atoms with Crippen molar-refractivity contribution >= 4 is 5.97 Å². The van der Waals surface area contributed by atoms with E-state index in [0.717, 1.165) is 11.1 Å². The van der Waals surface area contributed by atoms with E-state index in [2.05, 4.69) is 0 Å². The van der Waals surface area contributed by atoms with Gasteiger partial charge >= 0.3 is 5.97 Å². The van der Waals surface area contributed by atoms with Crippen molar-refractivity contribution in [1.29, 1.82) is 0 Å². The van der Waals surface area contributed by atoms with Gasteiger partial charge in [-0.1, -0.05) is 42.5 Å². The molecule has 8 heteroatoms. The molecule has 3 rings (SSSR count). The highest BCUT2D eigenvalue weighted by molar-refractivity contribution is 5.76. The first-order valence-corrected chi connectivity index (χ1v) is 12.8. The topological polar surface area (TPSA) is 92.7 Å². The molecule has 0 spiro atoms. The molecule has 210 valence electrons. The van der Waals surface area contributed by atoms with Gasteiger partial charge in [0.1, 0.15) is 5.60 Å². The molecule has 0 amide bonds. The lowest BCUT2D eigenvalue weighted by atomic mass is 9.82. The minimum atomic E-state index is -1.53. The van der Waals surface area contributed by atoms with Crippen LogP contribution in [-0.2, 0) is 32.7 Å². The van der Waals surface area contributed by atoms with E-state index in [1.807, 2.05) is 66.7 Å². The van der Waals surface area contributed by atoms with Gasteiger partial charge in [-0.05, 0) is 66.6 Å². The van der Waals surface area contributed by atoms with Gasteiger partial charge in [0.05, 0.1) is 42.2 Å². The zero-order valence-electron chi connectivity index (χ0n) is 23.3. The SMILES string of the molecule is COC(=O)C(O)C(CCCc1ccc(OC)c(OC)c1)(OCCc1ccc(OC)c(OC)c1)c1ccccc1. The van der Waals surface area contributed by atoms with Crippen molar-refractivity contribution in [3.8, 4) is 23.0 Å². The van der Waals surface area contributed by atoms with E-state index in [0.29, 0.717) is 54.2 Å². The molecule has 0 radical (unpaired) electrons. The number of hydrogen-bond acceptors (Lipinski definition) is 8. The van der Waals surface area contributed by atoms with Gasteiger partial charge in [-0.3, -0.25) is 0 Å². The fourth-order valence-corrected chi connectivity index (χ4v) is 4.67. The molecule has 2 unspecified atom stereocenters. The molecule has 2 atom stereocenters. The van der Waals surface area contributed by atoms with Gasteiger partial charge < -0.3 is 33.5 Å². The Morgan fingerprint density at radius 1 is 0.744 bits per heavy atom. The maximum Gasteiger partial charge on any atom is 0.338 e. The van der Waals surface area contributed by atoms with E-state index >= 15 is 0 Å². The largest absolute Gasteiger partial charge is 0.493 e. The number of benzene rings is 3. The van der Waals surface area contributed by atoms with Crippen molar-refractivity contribution in [2.24, 2.45) is 0 Å². The number of carbonyl (C=O) groups is 1. The maximum absolute atomic E-state index is 12.7. The predicted molar refractivity (Wildman–Crippen MR) is 148 cm³/mol. The number of ether oxygens (including phenoxy) is 6. The summed E-state index contributed by atoms with van der Waals surface area (Å²) >= 11 is 0. The van der Waals surface area contributed by atoms with E-state index in [4.69, 9.17) is 28.4 Å². The zero-order valence-corrected chi connectivity index (χ0v) is 23.3. The normalized spacial score (nSPS) is 13.2. The van der Waals surface area contributed by atoms with Crippen LogP contribution in [0, 0.1) is 0 Å². The van der Waals surface area contributed by atoms with Crippen LogP contribution in [0.4, 0.5) is 0 Å². The van der Waals surface area contributed by atoms with Gasteiger partial charge in [-0.15, -0.1) is 0 Å². The van der Waals surface area contributed by atoms with Crippen LogP contribution in [-0.4, -0.2) is 59.3 Å². The Labute approximate surface area is 230 Å². The minimum absolute atomic E-state index is 0.245. The van der Waals surface area contributed by atoms with Crippen LogP contribution in [0.1, 0.15) is 29.5 Å². The number of carbonyl (C=O) groups excluding carboxylic acids is 1. The van der Waals surface area contributed by atoms with Crippen LogP contribution in [0.2, 0.25) is 0 Å². The molecule has 0 aliphatic carbocycles. The lowest BCUT2D eigenvalue weighted by Crippen LogP contribution is -2.48. The van der Waals surface area contributed by atoms with Gasteiger partial charge in [-0.25, -0.2) is 4.79 Å². The summed E-state index contributed by atoms with van der Waals surface area (Å²) in [5.74, 6) is 1.80. The summed E-state index contributed by atoms with van der Waals surface area (Å²) in [4.78, 5) is 12.7. The number of hydrogen-bond donors (Lipinski definition) is 1. The zero-order chi connectivity index (χ0) is 28.3. The minimum Gasteiger partial charge on any atom is -0.493 e. The monoisotopic (exact) mass is 538 g/mol. The van der Waals surface area contributed by atoms with Crippen molar-refractivity contribution in [2.75, 3.05) is 42.2 Å². The molecular weight excluding hydrogens is 500 g/mol. The lowest BCUT2D eigenvalue weighted by molar-refractivity contribution is -0.180. The number of esters is 1. The van der Waals surface area contributed by atoms with Crippen LogP contribution in [0.25, 0.3) is 0 Å².